The predicted octanol–water partition coefficient (Wildman–Crippen LogP) is 2.58. The van der Waals surface area contributed by atoms with Crippen molar-refractivity contribution in [2.24, 2.45) is 5.73 Å². The van der Waals surface area contributed by atoms with Crippen LogP contribution in [-0.4, -0.2) is 15.8 Å². The molecule has 0 radical (unpaired) electrons. The highest BCUT2D eigenvalue weighted by molar-refractivity contribution is 7.10. The molecule has 16 heavy (non-hydrogen) atoms. The van der Waals surface area contributed by atoms with Crippen molar-refractivity contribution in [3.05, 3.63) is 40.3 Å². The van der Waals surface area contributed by atoms with E-state index in [2.05, 4.69) is 30.4 Å². The number of thiophene rings is 1. The zero-order valence-corrected chi connectivity index (χ0v) is 10.4. The molecule has 0 bridgehead atoms. The van der Waals surface area contributed by atoms with Crippen LogP contribution in [0, 0.1) is 6.92 Å². The monoisotopic (exact) mass is 235 g/mol. The van der Waals surface area contributed by atoms with Crippen LogP contribution < -0.4 is 5.73 Å². The van der Waals surface area contributed by atoms with E-state index in [1.807, 2.05) is 16.9 Å². The van der Waals surface area contributed by atoms with Crippen molar-refractivity contribution in [2.75, 3.05) is 0 Å². The van der Waals surface area contributed by atoms with E-state index < -0.39 is 0 Å². The fourth-order valence-corrected chi connectivity index (χ4v) is 2.96. The van der Waals surface area contributed by atoms with Gasteiger partial charge in [-0.1, -0.05) is 6.92 Å². The predicted molar refractivity (Wildman–Crippen MR) is 67.7 cm³/mol. The van der Waals surface area contributed by atoms with Crippen LogP contribution in [0.3, 0.4) is 0 Å². The summed E-state index contributed by atoms with van der Waals surface area (Å²) in [5.41, 5.74) is 7.51. The summed E-state index contributed by atoms with van der Waals surface area (Å²) in [6.45, 7) is 4.24. The van der Waals surface area contributed by atoms with Crippen molar-refractivity contribution in [3.63, 3.8) is 0 Å². The van der Waals surface area contributed by atoms with E-state index >= 15 is 0 Å². The van der Waals surface area contributed by atoms with Crippen molar-refractivity contribution in [2.45, 2.75) is 32.4 Å². The van der Waals surface area contributed by atoms with E-state index in [0.717, 1.165) is 6.42 Å². The Hall–Kier alpha value is -1.13. The zero-order chi connectivity index (χ0) is 11.5. The highest BCUT2D eigenvalue weighted by atomic mass is 32.1. The second-order valence-electron chi connectivity index (χ2n) is 3.97. The van der Waals surface area contributed by atoms with E-state index in [1.165, 1.54) is 10.4 Å². The van der Waals surface area contributed by atoms with Gasteiger partial charge in [-0.25, -0.2) is 0 Å². The molecule has 2 rings (SSSR count). The molecule has 4 heteroatoms. The first-order valence-electron chi connectivity index (χ1n) is 5.52. The van der Waals surface area contributed by atoms with E-state index in [-0.39, 0.29) is 12.1 Å². The van der Waals surface area contributed by atoms with E-state index in [0.29, 0.717) is 0 Å². The van der Waals surface area contributed by atoms with Gasteiger partial charge in [0.05, 0.1) is 0 Å². The second kappa shape index (κ2) is 4.80. The summed E-state index contributed by atoms with van der Waals surface area (Å²) < 4.78 is 1.97. The molecule has 0 saturated heterocycles. The summed E-state index contributed by atoms with van der Waals surface area (Å²) >= 11 is 1.76. The normalized spacial score (nSPS) is 14.9. The summed E-state index contributed by atoms with van der Waals surface area (Å²) in [5, 5.41) is 6.44. The van der Waals surface area contributed by atoms with Crippen LogP contribution in [0.25, 0.3) is 0 Å². The number of aryl methyl sites for hydroxylation is 1. The topological polar surface area (TPSA) is 43.8 Å². The van der Waals surface area contributed by atoms with E-state index in [9.17, 15) is 0 Å². The molecule has 0 aliphatic heterocycles. The van der Waals surface area contributed by atoms with Gasteiger partial charge in [0.25, 0.3) is 0 Å². The van der Waals surface area contributed by atoms with Gasteiger partial charge in [-0.3, -0.25) is 4.68 Å². The molecule has 0 aliphatic rings. The molecular formula is C12H17N3S. The first-order chi connectivity index (χ1) is 7.74. The molecule has 0 aliphatic carbocycles. The van der Waals surface area contributed by atoms with Gasteiger partial charge < -0.3 is 5.73 Å². The maximum Gasteiger partial charge on any atom is 0.101 e. The third-order valence-corrected chi connectivity index (χ3v) is 3.95. The number of nitrogens with two attached hydrogens (primary N) is 1. The molecule has 0 aromatic carbocycles. The number of rotatable bonds is 4. The van der Waals surface area contributed by atoms with Gasteiger partial charge >= 0.3 is 0 Å². The third-order valence-electron chi connectivity index (χ3n) is 2.86. The second-order valence-corrected chi connectivity index (χ2v) is 4.92. The Bertz CT molecular complexity index is 433. The van der Waals surface area contributed by atoms with Crippen LogP contribution in [0.5, 0.6) is 0 Å². The lowest BCUT2D eigenvalue weighted by Gasteiger charge is -2.23. The van der Waals surface area contributed by atoms with Crippen molar-refractivity contribution in [1.82, 2.24) is 9.78 Å². The van der Waals surface area contributed by atoms with Crippen LogP contribution in [0.2, 0.25) is 0 Å². The van der Waals surface area contributed by atoms with Crippen LogP contribution in [0.4, 0.5) is 0 Å². The Labute approximate surface area is 99.9 Å². The Balaban J connectivity index is 2.40. The Morgan fingerprint density at radius 1 is 1.56 bits per heavy atom. The lowest BCUT2D eigenvalue weighted by Crippen LogP contribution is -2.32. The number of nitrogens with zero attached hydrogens (tertiary/aromatic N) is 2. The smallest absolute Gasteiger partial charge is 0.101 e. The molecular weight excluding hydrogens is 218 g/mol. The first-order valence-corrected chi connectivity index (χ1v) is 6.40. The molecule has 2 atom stereocenters. The molecule has 0 saturated carbocycles. The minimum Gasteiger partial charge on any atom is -0.326 e. The lowest BCUT2D eigenvalue weighted by atomic mass is 10.0. The number of hydrogen-bond donors (Lipinski definition) is 1. The molecule has 2 aromatic rings. The number of hydrogen-bond acceptors (Lipinski definition) is 3. The maximum atomic E-state index is 6.21. The molecule has 2 N–H and O–H groups in total. The highest BCUT2D eigenvalue weighted by Gasteiger charge is 2.23. The SMILES string of the molecule is CCC(N)C(c1sccc1C)n1cccn1. The van der Waals surface area contributed by atoms with Crippen LogP contribution in [0.1, 0.15) is 29.8 Å². The Morgan fingerprint density at radius 2 is 2.38 bits per heavy atom. The van der Waals surface area contributed by atoms with Gasteiger partial charge in [0.15, 0.2) is 0 Å². The minimum absolute atomic E-state index is 0.109. The summed E-state index contributed by atoms with van der Waals surface area (Å²) in [6, 6.07) is 4.36. The fourth-order valence-electron chi connectivity index (χ4n) is 1.87. The molecule has 86 valence electrons. The van der Waals surface area contributed by atoms with Crippen molar-refractivity contribution >= 4 is 11.3 Å². The maximum absolute atomic E-state index is 6.21. The van der Waals surface area contributed by atoms with Gasteiger partial charge in [0.1, 0.15) is 6.04 Å². The van der Waals surface area contributed by atoms with Crippen LogP contribution in [-0.2, 0) is 0 Å². The van der Waals surface area contributed by atoms with E-state index in [4.69, 9.17) is 5.73 Å². The lowest BCUT2D eigenvalue weighted by molar-refractivity contribution is 0.428. The largest absolute Gasteiger partial charge is 0.326 e. The molecule has 0 fully saturated rings. The summed E-state index contributed by atoms with van der Waals surface area (Å²) in [4.78, 5) is 1.32. The minimum atomic E-state index is 0.109. The van der Waals surface area contributed by atoms with Crippen LogP contribution >= 0.6 is 11.3 Å². The quantitative estimate of drug-likeness (QED) is 0.885. The van der Waals surface area contributed by atoms with Crippen LogP contribution in [0.15, 0.2) is 29.9 Å². The Kier molecular flexibility index (Phi) is 3.41. The molecule has 2 unspecified atom stereocenters. The van der Waals surface area contributed by atoms with Gasteiger partial charge in [-0.15, -0.1) is 11.3 Å². The number of aromatic nitrogens is 2. The average Bonchev–Trinajstić information content (AvgIpc) is 2.92. The summed E-state index contributed by atoms with van der Waals surface area (Å²) in [5.74, 6) is 0. The van der Waals surface area contributed by atoms with Gasteiger partial charge in [-0.05, 0) is 36.4 Å². The third kappa shape index (κ3) is 2.03. The first kappa shape index (κ1) is 11.4. The molecule has 2 aromatic heterocycles. The molecule has 0 spiro atoms. The zero-order valence-electron chi connectivity index (χ0n) is 9.63. The average molecular weight is 235 g/mol. The highest BCUT2D eigenvalue weighted by Crippen LogP contribution is 2.29. The molecule has 0 amide bonds. The van der Waals surface area contributed by atoms with Gasteiger partial charge in [0, 0.05) is 23.3 Å². The molecule has 3 nitrogen and oxygen atoms in total. The van der Waals surface area contributed by atoms with Crippen molar-refractivity contribution < 1.29 is 0 Å². The van der Waals surface area contributed by atoms with Gasteiger partial charge in [0.2, 0.25) is 0 Å². The standard InChI is InChI=1S/C12H17N3S/c1-3-10(13)11(15-7-4-6-14-15)12-9(2)5-8-16-12/h4-8,10-11H,3,13H2,1-2H3. The van der Waals surface area contributed by atoms with Crippen molar-refractivity contribution in [1.29, 1.82) is 0 Å². The van der Waals surface area contributed by atoms with Gasteiger partial charge in [-0.2, -0.15) is 5.10 Å². The summed E-state index contributed by atoms with van der Waals surface area (Å²) in [7, 11) is 0. The molecule has 2 heterocycles. The fraction of sp³-hybridized carbons (Fsp3) is 0.417. The van der Waals surface area contributed by atoms with Crippen molar-refractivity contribution in [3.8, 4) is 0 Å². The van der Waals surface area contributed by atoms with E-state index in [1.54, 1.807) is 17.5 Å². The summed E-state index contributed by atoms with van der Waals surface area (Å²) in [6.07, 6.45) is 4.74. The Morgan fingerprint density at radius 3 is 2.88 bits per heavy atom.